The van der Waals surface area contributed by atoms with Crippen LogP contribution in [0.15, 0.2) is 97.2 Å². The molecule has 1 amide bonds. The van der Waals surface area contributed by atoms with E-state index in [1.165, 1.54) is 167 Å². The molecular formula is C68H123N2O6P. The third-order valence-electron chi connectivity index (χ3n) is 14.0. The number of quaternary nitrogens is 1. The van der Waals surface area contributed by atoms with Crippen LogP contribution in [0.5, 0.6) is 0 Å². The Morgan fingerprint density at radius 3 is 1.21 bits per heavy atom. The number of aliphatic hydroxyl groups is 1. The topological polar surface area (TPSA) is 108 Å². The average molecular weight is 1100 g/mol. The minimum absolute atomic E-state index is 0.0127. The second-order valence-corrected chi connectivity index (χ2v) is 24.1. The fourth-order valence-electron chi connectivity index (χ4n) is 9.06. The zero-order valence-corrected chi connectivity index (χ0v) is 51.8. The predicted molar refractivity (Wildman–Crippen MR) is 334 cm³/mol. The molecule has 3 unspecified atom stereocenters. The smallest absolute Gasteiger partial charge is 0.268 e. The lowest BCUT2D eigenvalue weighted by Gasteiger charge is -2.29. The number of amides is 1. The van der Waals surface area contributed by atoms with Crippen molar-refractivity contribution < 1.29 is 32.9 Å². The van der Waals surface area contributed by atoms with Gasteiger partial charge in [-0.2, -0.15) is 0 Å². The van der Waals surface area contributed by atoms with Gasteiger partial charge in [-0.25, -0.2) is 0 Å². The van der Waals surface area contributed by atoms with E-state index in [9.17, 15) is 19.4 Å². The van der Waals surface area contributed by atoms with Crippen molar-refractivity contribution in [2.75, 3.05) is 40.9 Å². The number of aliphatic hydroxyl groups excluding tert-OH is 1. The van der Waals surface area contributed by atoms with Crippen LogP contribution in [0.1, 0.15) is 277 Å². The first kappa shape index (κ1) is 74.4. The van der Waals surface area contributed by atoms with Crippen molar-refractivity contribution in [2.24, 2.45) is 0 Å². The highest BCUT2D eigenvalue weighted by atomic mass is 31.2. The number of carbonyl (C=O) groups is 1. The molecule has 446 valence electrons. The molecule has 0 fully saturated rings. The Morgan fingerprint density at radius 2 is 0.805 bits per heavy atom. The van der Waals surface area contributed by atoms with Crippen molar-refractivity contribution in [3.05, 3.63) is 97.2 Å². The fraction of sp³-hybridized carbons (Fsp3) is 0.750. The maximum Gasteiger partial charge on any atom is 0.268 e. The number of hydrogen-bond acceptors (Lipinski definition) is 6. The van der Waals surface area contributed by atoms with Gasteiger partial charge in [-0.15, -0.1) is 0 Å². The van der Waals surface area contributed by atoms with Gasteiger partial charge in [-0.3, -0.25) is 9.36 Å². The van der Waals surface area contributed by atoms with Crippen LogP contribution in [0.2, 0.25) is 0 Å². The first-order chi connectivity index (χ1) is 37.5. The van der Waals surface area contributed by atoms with Gasteiger partial charge in [0, 0.05) is 6.42 Å². The van der Waals surface area contributed by atoms with Gasteiger partial charge < -0.3 is 28.8 Å². The lowest BCUT2D eigenvalue weighted by atomic mass is 10.0. The normalized spacial score (nSPS) is 14.4. The van der Waals surface area contributed by atoms with Crippen molar-refractivity contribution in [3.8, 4) is 0 Å². The molecule has 0 aliphatic heterocycles. The zero-order valence-electron chi connectivity index (χ0n) is 50.9. The number of phosphoric ester groups is 1. The molecule has 3 atom stereocenters. The number of phosphoric acid groups is 1. The molecule has 0 aliphatic carbocycles. The average Bonchev–Trinajstić information content (AvgIpc) is 3.39. The second-order valence-electron chi connectivity index (χ2n) is 22.7. The van der Waals surface area contributed by atoms with E-state index >= 15 is 0 Å². The third-order valence-corrected chi connectivity index (χ3v) is 15.0. The zero-order chi connectivity index (χ0) is 56.3. The largest absolute Gasteiger partial charge is 0.756 e. The Kier molecular flexibility index (Phi) is 56.1. The summed E-state index contributed by atoms with van der Waals surface area (Å²) in [6.45, 7) is 4.53. The first-order valence-corrected chi connectivity index (χ1v) is 33.6. The fourth-order valence-corrected chi connectivity index (χ4v) is 9.78. The Hall–Kier alpha value is -2.58. The summed E-state index contributed by atoms with van der Waals surface area (Å²) < 4.78 is 23.4. The summed E-state index contributed by atoms with van der Waals surface area (Å²) in [5.41, 5.74) is 0. The number of rotatable bonds is 58. The van der Waals surface area contributed by atoms with E-state index in [-0.39, 0.29) is 12.5 Å². The number of nitrogens with one attached hydrogen (secondary N) is 1. The van der Waals surface area contributed by atoms with Crippen molar-refractivity contribution in [2.45, 2.75) is 289 Å². The van der Waals surface area contributed by atoms with Crippen molar-refractivity contribution in [3.63, 3.8) is 0 Å². The summed E-state index contributed by atoms with van der Waals surface area (Å²) in [7, 11) is 1.23. The molecule has 77 heavy (non-hydrogen) atoms. The molecule has 0 spiro atoms. The quantitative estimate of drug-likeness (QED) is 0.0272. The van der Waals surface area contributed by atoms with Crippen LogP contribution in [-0.4, -0.2) is 68.5 Å². The minimum atomic E-state index is -4.62. The number of likely N-dealkylation sites (N-methyl/N-ethyl adjacent to an activating group) is 1. The van der Waals surface area contributed by atoms with Gasteiger partial charge in [0.1, 0.15) is 13.2 Å². The maximum absolute atomic E-state index is 13.0. The van der Waals surface area contributed by atoms with Crippen molar-refractivity contribution in [1.82, 2.24) is 5.32 Å². The van der Waals surface area contributed by atoms with E-state index in [2.05, 4.69) is 104 Å². The molecule has 0 aliphatic rings. The summed E-state index contributed by atoms with van der Waals surface area (Å²) in [5, 5.41) is 13.9. The molecule has 2 N–H and O–H groups in total. The van der Waals surface area contributed by atoms with Crippen molar-refractivity contribution >= 4 is 13.7 Å². The SMILES string of the molecule is CC/C=C\C/C=C\C/C=C\C/C=C\C/C=C\C/C=C\CCCCCCCCCCC(=O)NC(COP(=O)([O-])OCC[N+](C)(C)C)C(O)/C=C/CC/C=C/CCCCCCCCCCCCCCCCCCCCCCCC. The maximum atomic E-state index is 13.0. The second kappa shape index (κ2) is 58.1. The monoisotopic (exact) mass is 1090 g/mol. The molecule has 0 aromatic heterocycles. The summed E-state index contributed by atoms with van der Waals surface area (Å²) in [4.78, 5) is 25.6. The number of nitrogens with zero attached hydrogens (tertiary/aromatic N) is 1. The molecule has 0 saturated carbocycles. The van der Waals surface area contributed by atoms with Crippen LogP contribution in [0.4, 0.5) is 0 Å². The number of allylic oxidation sites excluding steroid dienone is 15. The van der Waals surface area contributed by atoms with Crippen LogP contribution < -0.4 is 10.2 Å². The predicted octanol–water partition coefficient (Wildman–Crippen LogP) is 19.5. The Bertz CT molecular complexity index is 1570. The van der Waals surface area contributed by atoms with Gasteiger partial charge in [-0.1, -0.05) is 284 Å². The molecule has 0 heterocycles. The van der Waals surface area contributed by atoms with Gasteiger partial charge in [0.25, 0.3) is 7.82 Å². The summed E-state index contributed by atoms with van der Waals surface area (Å²) in [6, 6.07) is -0.916. The lowest BCUT2D eigenvalue weighted by molar-refractivity contribution is -0.870. The molecule has 0 saturated heterocycles. The van der Waals surface area contributed by atoms with Crippen LogP contribution in [0, 0.1) is 0 Å². The third kappa shape index (κ3) is 60.9. The number of hydrogen-bond donors (Lipinski definition) is 2. The van der Waals surface area contributed by atoms with Crippen LogP contribution in [0.25, 0.3) is 0 Å². The van der Waals surface area contributed by atoms with Crippen LogP contribution >= 0.6 is 7.82 Å². The Morgan fingerprint density at radius 1 is 0.468 bits per heavy atom. The van der Waals surface area contributed by atoms with Gasteiger partial charge >= 0.3 is 0 Å². The van der Waals surface area contributed by atoms with Gasteiger partial charge in [-0.05, 0) is 83.5 Å². The van der Waals surface area contributed by atoms with E-state index in [0.717, 1.165) is 89.9 Å². The molecule has 0 bridgehead atoms. The molecule has 8 nitrogen and oxygen atoms in total. The Balaban J connectivity index is 4.22. The van der Waals surface area contributed by atoms with E-state index in [0.29, 0.717) is 17.4 Å². The van der Waals surface area contributed by atoms with Crippen molar-refractivity contribution in [1.29, 1.82) is 0 Å². The highest BCUT2D eigenvalue weighted by Gasteiger charge is 2.23. The molecule has 0 aromatic rings. The molecule has 0 aromatic carbocycles. The van der Waals surface area contributed by atoms with E-state index in [4.69, 9.17) is 9.05 Å². The number of carbonyl (C=O) groups excluding carboxylic acids is 1. The molecule has 9 heteroatoms. The van der Waals surface area contributed by atoms with Crippen LogP contribution in [0.3, 0.4) is 0 Å². The van der Waals surface area contributed by atoms with Gasteiger partial charge in [0.05, 0.1) is 39.9 Å². The summed E-state index contributed by atoms with van der Waals surface area (Å²) >= 11 is 0. The molecular weight excluding hydrogens is 972 g/mol. The standard InChI is InChI=1S/C68H123N2O6P/c1-6-8-10-12-14-16-18-20-22-24-26-28-30-32-34-36-37-39-41-43-45-47-49-51-53-55-57-59-61-67(71)66(65-76-77(73,74)75-64-63-70(3,4)5)69-68(72)62-60-58-56-54-52-50-48-46-44-42-40-38-35-33-31-29-27-25-23-21-19-17-15-13-11-9-7-2/h9,11,15,17,21,23,27,29,33,35,40,42,51,53,59,61,66-67,71H,6-8,10,12-14,16,18-20,22,24-26,28,30-32,34,36-39,41,43-50,52,54-58,60,62-65H2,1-5H3,(H-,69,72,73,74)/b11-9-,17-15-,23-21-,29-27-,35-33-,42-40-,53-51+,61-59+. The van der Waals surface area contributed by atoms with Gasteiger partial charge in [0.2, 0.25) is 5.91 Å². The van der Waals surface area contributed by atoms with E-state index < -0.39 is 26.6 Å². The molecule has 0 radical (unpaired) electrons. The van der Waals surface area contributed by atoms with E-state index in [1.54, 1.807) is 6.08 Å². The first-order valence-electron chi connectivity index (χ1n) is 32.1. The highest BCUT2D eigenvalue weighted by molar-refractivity contribution is 7.45. The minimum Gasteiger partial charge on any atom is -0.756 e. The molecule has 0 rings (SSSR count). The lowest BCUT2D eigenvalue weighted by Crippen LogP contribution is -2.45. The van der Waals surface area contributed by atoms with E-state index in [1.807, 2.05) is 27.2 Å². The van der Waals surface area contributed by atoms with Crippen LogP contribution in [-0.2, 0) is 18.4 Å². The summed E-state index contributed by atoms with van der Waals surface area (Å²) in [6.07, 6.45) is 83.6. The van der Waals surface area contributed by atoms with Gasteiger partial charge in [0.15, 0.2) is 0 Å². The summed E-state index contributed by atoms with van der Waals surface area (Å²) in [5.74, 6) is -0.217. The highest BCUT2D eigenvalue weighted by Crippen LogP contribution is 2.38. The Labute approximate surface area is 477 Å². The number of unbranched alkanes of at least 4 members (excludes halogenated alkanes) is 31.